The number of nitrogens with zero attached hydrogens (tertiary/aromatic N) is 2. The first kappa shape index (κ1) is 20.1. The number of rotatable bonds is 8. The van der Waals surface area contributed by atoms with Gasteiger partial charge in [-0.25, -0.2) is 14.4 Å². The number of amides is 1. The SMILES string of the molecule is COc1ccc(CNc2cc(C(=O)NCc3ccccc3F)ncn2)cc1OC. The van der Waals surface area contributed by atoms with Crippen LogP contribution in [0.1, 0.15) is 21.6 Å². The molecule has 150 valence electrons. The number of benzene rings is 2. The Morgan fingerprint density at radius 2 is 1.79 bits per heavy atom. The van der Waals surface area contributed by atoms with E-state index in [9.17, 15) is 9.18 Å². The fourth-order valence-corrected chi connectivity index (χ4v) is 2.67. The van der Waals surface area contributed by atoms with Crippen LogP contribution in [0.15, 0.2) is 54.9 Å². The third-order valence-corrected chi connectivity index (χ3v) is 4.22. The van der Waals surface area contributed by atoms with E-state index >= 15 is 0 Å². The molecule has 0 fully saturated rings. The first-order valence-electron chi connectivity index (χ1n) is 8.89. The first-order valence-corrected chi connectivity index (χ1v) is 8.89. The third-order valence-electron chi connectivity index (χ3n) is 4.22. The van der Waals surface area contributed by atoms with Gasteiger partial charge in [0.1, 0.15) is 23.7 Å². The molecule has 29 heavy (non-hydrogen) atoms. The van der Waals surface area contributed by atoms with Crippen LogP contribution in [0.5, 0.6) is 11.5 Å². The summed E-state index contributed by atoms with van der Waals surface area (Å²) in [5.74, 6) is 0.984. The second-order valence-corrected chi connectivity index (χ2v) is 6.11. The summed E-state index contributed by atoms with van der Waals surface area (Å²) in [4.78, 5) is 20.4. The summed E-state index contributed by atoms with van der Waals surface area (Å²) in [6.07, 6.45) is 1.30. The van der Waals surface area contributed by atoms with Gasteiger partial charge in [-0.3, -0.25) is 4.79 Å². The van der Waals surface area contributed by atoms with Crippen molar-refractivity contribution in [2.24, 2.45) is 0 Å². The van der Waals surface area contributed by atoms with Gasteiger partial charge in [0.25, 0.3) is 5.91 Å². The molecule has 2 N–H and O–H groups in total. The van der Waals surface area contributed by atoms with Crippen molar-refractivity contribution in [2.75, 3.05) is 19.5 Å². The second kappa shape index (κ2) is 9.50. The maximum Gasteiger partial charge on any atom is 0.270 e. The van der Waals surface area contributed by atoms with Crippen LogP contribution < -0.4 is 20.1 Å². The summed E-state index contributed by atoms with van der Waals surface area (Å²) in [6, 6.07) is 13.4. The quantitative estimate of drug-likeness (QED) is 0.608. The average Bonchev–Trinajstić information content (AvgIpc) is 2.76. The molecular weight excluding hydrogens is 375 g/mol. The van der Waals surface area contributed by atoms with Crippen LogP contribution in [0, 0.1) is 5.82 Å². The second-order valence-electron chi connectivity index (χ2n) is 6.11. The summed E-state index contributed by atoms with van der Waals surface area (Å²) in [7, 11) is 3.15. The zero-order chi connectivity index (χ0) is 20.6. The molecule has 0 bridgehead atoms. The summed E-state index contributed by atoms with van der Waals surface area (Å²) < 4.78 is 24.2. The van der Waals surface area contributed by atoms with Crippen LogP contribution in [-0.4, -0.2) is 30.1 Å². The number of halogens is 1. The van der Waals surface area contributed by atoms with Gasteiger partial charge < -0.3 is 20.1 Å². The van der Waals surface area contributed by atoms with Crippen LogP contribution in [-0.2, 0) is 13.1 Å². The van der Waals surface area contributed by atoms with Gasteiger partial charge in [0.2, 0.25) is 0 Å². The zero-order valence-electron chi connectivity index (χ0n) is 16.1. The molecule has 8 heteroatoms. The number of carbonyl (C=O) groups excluding carboxylic acids is 1. The maximum absolute atomic E-state index is 13.7. The first-order chi connectivity index (χ1) is 14.1. The lowest BCUT2D eigenvalue weighted by Crippen LogP contribution is -2.24. The van der Waals surface area contributed by atoms with Crippen molar-refractivity contribution in [1.82, 2.24) is 15.3 Å². The molecule has 0 saturated carbocycles. The highest BCUT2D eigenvalue weighted by Crippen LogP contribution is 2.27. The van der Waals surface area contributed by atoms with Gasteiger partial charge in [0.15, 0.2) is 11.5 Å². The van der Waals surface area contributed by atoms with E-state index in [-0.39, 0.29) is 18.1 Å². The highest BCUT2D eigenvalue weighted by molar-refractivity contribution is 5.92. The Morgan fingerprint density at radius 1 is 1.00 bits per heavy atom. The molecule has 0 saturated heterocycles. The maximum atomic E-state index is 13.7. The van der Waals surface area contributed by atoms with Gasteiger partial charge in [-0.15, -0.1) is 0 Å². The van der Waals surface area contributed by atoms with Gasteiger partial charge in [-0.05, 0) is 23.8 Å². The van der Waals surface area contributed by atoms with E-state index in [1.54, 1.807) is 32.4 Å². The highest BCUT2D eigenvalue weighted by Gasteiger charge is 2.10. The van der Waals surface area contributed by atoms with E-state index < -0.39 is 5.91 Å². The van der Waals surface area contributed by atoms with E-state index in [0.29, 0.717) is 29.4 Å². The van der Waals surface area contributed by atoms with Crippen molar-refractivity contribution in [3.8, 4) is 11.5 Å². The molecule has 2 aromatic carbocycles. The fraction of sp³-hybridized carbons (Fsp3) is 0.190. The third kappa shape index (κ3) is 5.19. The number of hydrogen-bond donors (Lipinski definition) is 2. The van der Waals surface area contributed by atoms with Gasteiger partial charge in [-0.2, -0.15) is 0 Å². The molecule has 0 radical (unpaired) electrons. The molecule has 3 rings (SSSR count). The number of nitrogens with one attached hydrogen (secondary N) is 2. The number of ether oxygens (including phenoxy) is 2. The van der Waals surface area contributed by atoms with Gasteiger partial charge >= 0.3 is 0 Å². The van der Waals surface area contributed by atoms with Gasteiger partial charge in [0.05, 0.1) is 14.2 Å². The van der Waals surface area contributed by atoms with Crippen molar-refractivity contribution in [2.45, 2.75) is 13.1 Å². The summed E-state index contributed by atoms with van der Waals surface area (Å²) in [5.41, 5.74) is 1.54. The Kier molecular flexibility index (Phi) is 6.57. The summed E-state index contributed by atoms with van der Waals surface area (Å²) in [5, 5.41) is 5.80. The lowest BCUT2D eigenvalue weighted by molar-refractivity contribution is 0.0945. The molecule has 0 unspecified atom stereocenters. The highest BCUT2D eigenvalue weighted by atomic mass is 19.1. The van der Waals surface area contributed by atoms with Crippen molar-refractivity contribution >= 4 is 11.7 Å². The van der Waals surface area contributed by atoms with Crippen molar-refractivity contribution in [3.05, 3.63) is 77.5 Å². The van der Waals surface area contributed by atoms with Crippen LogP contribution >= 0.6 is 0 Å². The molecule has 0 atom stereocenters. The molecule has 0 aliphatic carbocycles. The molecule has 1 aromatic heterocycles. The zero-order valence-corrected chi connectivity index (χ0v) is 16.1. The van der Waals surface area contributed by atoms with E-state index in [1.165, 1.54) is 18.5 Å². The lowest BCUT2D eigenvalue weighted by Gasteiger charge is -2.11. The normalized spacial score (nSPS) is 10.3. The number of anilines is 1. The average molecular weight is 396 g/mol. The van der Waals surface area contributed by atoms with Crippen LogP contribution in [0.3, 0.4) is 0 Å². The predicted octanol–water partition coefficient (Wildman–Crippen LogP) is 3.18. The monoisotopic (exact) mass is 396 g/mol. The molecule has 3 aromatic rings. The minimum atomic E-state index is -0.412. The summed E-state index contributed by atoms with van der Waals surface area (Å²) in [6.45, 7) is 0.539. The Labute approximate surface area is 167 Å². The van der Waals surface area contributed by atoms with Crippen LogP contribution in [0.4, 0.5) is 10.2 Å². The molecular formula is C21H21FN4O3. The van der Waals surface area contributed by atoms with Crippen molar-refractivity contribution in [1.29, 1.82) is 0 Å². The Hall–Kier alpha value is -3.68. The molecule has 0 spiro atoms. The Balaban J connectivity index is 1.62. The number of methoxy groups -OCH3 is 2. The molecule has 1 amide bonds. The van der Waals surface area contributed by atoms with E-state index in [1.807, 2.05) is 18.2 Å². The predicted molar refractivity (Wildman–Crippen MR) is 106 cm³/mol. The molecule has 7 nitrogen and oxygen atoms in total. The summed E-state index contributed by atoms with van der Waals surface area (Å²) >= 11 is 0. The van der Waals surface area contributed by atoms with Crippen molar-refractivity contribution in [3.63, 3.8) is 0 Å². The van der Waals surface area contributed by atoms with Gasteiger partial charge in [-0.1, -0.05) is 24.3 Å². The van der Waals surface area contributed by atoms with E-state index in [2.05, 4.69) is 20.6 Å². The molecule has 0 aliphatic heterocycles. The van der Waals surface area contributed by atoms with E-state index in [0.717, 1.165) is 5.56 Å². The number of carbonyl (C=O) groups is 1. The Morgan fingerprint density at radius 3 is 2.55 bits per heavy atom. The smallest absolute Gasteiger partial charge is 0.270 e. The lowest BCUT2D eigenvalue weighted by atomic mass is 10.2. The number of aromatic nitrogens is 2. The molecule has 1 heterocycles. The molecule has 0 aliphatic rings. The standard InChI is InChI=1S/C21H21FN4O3/c1-28-18-8-7-14(9-19(18)29-2)11-23-20-10-17(25-13-26-20)21(27)24-12-15-5-3-4-6-16(15)22/h3-10,13H,11-12H2,1-2H3,(H,24,27)(H,23,25,26). The van der Waals surface area contributed by atoms with E-state index in [4.69, 9.17) is 9.47 Å². The fourth-order valence-electron chi connectivity index (χ4n) is 2.67. The van der Waals surface area contributed by atoms with Gasteiger partial charge in [0, 0.05) is 24.7 Å². The minimum Gasteiger partial charge on any atom is -0.493 e. The number of hydrogen-bond acceptors (Lipinski definition) is 6. The minimum absolute atomic E-state index is 0.0733. The van der Waals surface area contributed by atoms with Crippen LogP contribution in [0.2, 0.25) is 0 Å². The van der Waals surface area contributed by atoms with Crippen molar-refractivity contribution < 1.29 is 18.7 Å². The Bertz CT molecular complexity index is 997. The topological polar surface area (TPSA) is 85.4 Å². The van der Waals surface area contributed by atoms with Crippen LogP contribution in [0.25, 0.3) is 0 Å². The largest absolute Gasteiger partial charge is 0.493 e.